The lowest BCUT2D eigenvalue weighted by molar-refractivity contribution is 0.508. The third-order valence-corrected chi connectivity index (χ3v) is 10.9. The number of fused-ring (bicyclic) bond motifs is 9. The van der Waals surface area contributed by atoms with Crippen molar-refractivity contribution in [1.29, 1.82) is 0 Å². The quantitative estimate of drug-likeness (QED) is 0.192. The molecule has 0 bridgehead atoms. The summed E-state index contributed by atoms with van der Waals surface area (Å²) in [6.45, 7) is 0. The number of aromatic nitrogens is 2. The molecular formula is C50H34N4. The second-order valence-electron chi connectivity index (χ2n) is 14.0. The van der Waals surface area contributed by atoms with Gasteiger partial charge in [-0.2, -0.15) is 0 Å². The van der Waals surface area contributed by atoms with Crippen molar-refractivity contribution in [2.24, 2.45) is 4.99 Å². The Labute approximate surface area is 312 Å². The first kappa shape index (κ1) is 30.5. The topological polar surface area (TPSA) is 34.2 Å². The molecule has 0 fully saturated rings. The number of hydrogen-bond acceptors (Lipinski definition) is 2. The fourth-order valence-electron chi connectivity index (χ4n) is 8.49. The van der Waals surface area contributed by atoms with E-state index in [4.69, 9.17) is 4.99 Å². The molecule has 1 unspecified atom stereocenters. The van der Waals surface area contributed by atoms with E-state index in [-0.39, 0.29) is 6.29 Å². The predicted octanol–water partition coefficient (Wildman–Crippen LogP) is 12.3. The van der Waals surface area contributed by atoms with Crippen LogP contribution in [-0.2, 0) is 0 Å². The molecule has 2 aromatic heterocycles. The van der Waals surface area contributed by atoms with Crippen molar-refractivity contribution in [1.82, 2.24) is 14.5 Å². The molecule has 54 heavy (non-hydrogen) atoms. The average molecular weight is 691 g/mol. The van der Waals surface area contributed by atoms with Gasteiger partial charge in [0.1, 0.15) is 0 Å². The summed E-state index contributed by atoms with van der Waals surface area (Å²) < 4.78 is 4.89. The molecular weight excluding hydrogens is 657 g/mol. The predicted molar refractivity (Wildman–Crippen MR) is 226 cm³/mol. The summed E-state index contributed by atoms with van der Waals surface area (Å²) in [5, 5.41) is 11.2. The van der Waals surface area contributed by atoms with E-state index in [1.165, 1.54) is 54.5 Å². The Morgan fingerprint density at radius 1 is 0.426 bits per heavy atom. The van der Waals surface area contributed by atoms with E-state index >= 15 is 0 Å². The number of nitrogens with zero attached hydrogens (tertiary/aromatic N) is 3. The Hall–Kier alpha value is -7.17. The van der Waals surface area contributed by atoms with Gasteiger partial charge in [-0.1, -0.05) is 164 Å². The minimum Gasteiger partial charge on any atom is -0.346 e. The Morgan fingerprint density at radius 3 is 1.78 bits per heavy atom. The van der Waals surface area contributed by atoms with Crippen LogP contribution in [0.2, 0.25) is 0 Å². The zero-order valence-corrected chi connectivity index (χ0v) is 29.4. The van der Waals surface area contributed by atoms with Crippen LogP contribution in [0.25, 0.3) is 76.9 Å². The van der Waals surface area contributed by atoms with Crippen LogP contribution in [0.4, 0.5) is 0 Å². The molecule has 3 heterocycles. The van der Waals surface area contributed by atoms with Crippen molar-refractivity contribution in [2.45, 2.75) is 6.29 Å². The highest BCUT2D eigenvalue weighted by Gasteiger charge is 2.26. The molecule has 1 aliphatic rings. The molecule has 254 valence electrons. The molecule has 10 aromatic rings. The van der Waals surface area contributed by atoms with Gasteiger partial charge in [-0.15, -0.1) is 0 Å². The lowest BCUT2D eigenvalue weighted by Crippen LogP contribution is -2.29. The summed E-state index contributed by atoms with van der Waals surface area (Å²) in [6.07, 6.45) is 1.79. The summed E-state index contributed by atoms with van der Waals surface area (Å²) in [6, 6.07) is 67.4. The van der Waals surface area contributed by atoms with E-state index < -0.39 is 0 Å². The second kappa shape index (κ2) is 12.2. The Kier molecular flexibility index (Phi) is 6.89. The zero-order valence-electron chi connectivity index (χ0n) is 29.4. The first-order valence-corrected chi connectivity index (χ1v) is 18.5. The van der Waals surface area contributed by atoms with Crippen LogP contribution in [-0.4, -0.2) is 14.8 Å². The maximum Gasteiger partial charge on any atom is 0.201 e. The van der Waals surface area contributed by atoms with Crippen LogP contribution in [0.15, 0.2) is 199 Å². The third kappa shape index (κ3) is 4.74. The number of aliphatic imine (C=N–C) groups is 1. The minimum absolute atomic E-state index is 0.385. The van der Waals surface area contributed by atoms with Crippen molar-refractivity contribution in [2.75, 3.05) is 0 Å². The normalized spacial score (nSPS) is 14.5. The lowest BCUT2D eigenvalue weighted by Gasteiger charge is -2.27. The molecule has 1 N–H and O–H groups in total. The number of nitrogens with one attached hydrogen (secondary N) is 1. The van der Waals surface area contributed by atoms with E-state index in [9.17, 15) is 0 Å². The van der Waals surface area contributed by atoms with Gasteiger partial charge in [0.2, 0.25) is 6.29 Å². The van der Waals surface area contributed by atoms with Crippen molar-refractivity contribution in [3.8, 4) is 16.8 Å². The first-order chi connectivity index (χ1) is 26.8. The lowest BCUT2D eigenvalue weighted by atomic mass is 10.0. The van der Waals surface area contributed by atoms with Crippen LogP contribution in [0.5, 0.6) is 0 Å². The van der Waals surface area contributed by atoms with Crippen molar-refractivity contribution in [3.05, 3.63) is 205 Å². The molecule has 11 rings (SSSR count). The fourth-order valence-corrected chi connectivity index (χ4v) is 8.49. The summed E-state index contributed by atoms with van der Waals surface area (Å²) in [5.41, 5.74) is 12.4. The van der Waals surface area contributed by atoms with E-state index in [1.807, 2.05) is 0 Å². The number of rotatable bonds is 5. The van der Waals surface area contributed by atoms with Gasteiger partial charge in [-0.25, -0.2) is 4.99 Å². The Morgan fingerprint density at radius 2 is 1.02 bits per heavy atom. The molecule has 8 aromatic carbocycles. The van der Waals surface area contributed by atoms with Gasteiger partial charge < -0.3 is 14.5 Å². The molecule has 4 nitrogen and oxygen atoms in total. The van der Waals surface area contributed by atoms with Crippen LogP contribution >= 0.6 is 0 Å². The van der Waals surface area contributed by atoms with Gasteiger partial charge in [0.15, 0.2) is 0 Å². The first-order valence-electron chi connectivity index (χ1n) is 18.5. The molecule has 1 atom stereocenters. The Bertz CT molecular complexity index is 3100. The second-order valence-corrected chi connectivity index (χ2v) is 14.0. The van der Waals surface area contributed by atoms with Crippen LogP contribution in [0.1, 0.15) is 17.4 Å². The molecule has 1 aliphatic heterocycles. The van der Waals surface area contributed by atoms with E-state index in [2.05, 4.69) is 209 Å². The Balaban J connectivity index is 1.22. The standard InChI is InChI=1S/C50H34N4/c1-4-14-33(15-5-1)34-24-27-38(28-25-34)53-48-39-21-11-10-16-35(39)26-29-40(48)41-30-31-46-47(49(41)53)42-22-12-13-23-45(42)54(46)50-51-43(36-17-6-2-7-18-36)32-44(52-50)37-19-8-3-9-20-37/h1-32,50-51H. The highest BCUT2D eigenvalue weighted by molar-refractivity contribution is 6.28. The summed E-state index contributed by atoms with van der Waals surface area (Å²) in [7, 11) is 0. The molecule has 0 spiro atoms. The van der Waals surface area contributed by atoms with E-state index in [0.29, 0.717) is 0 Å². The van der Waals surface area contributed by atoms with Crippen molar-refractivity contribution in [3.63, 3.8) is 0 Å². The zero-order chi connectivity index (χ0) is 35.6. The van der Waals surface area contributed by atoms with Crippen LogP contribution in [0.3, 0.4) is 0 Å². The third-order valence-electron chi connectivity index (χ3n) is 10.9. The molecule has 0 saturated carbocycles. The maximum absolute atomic E-state index is 5.44. The van der Waals surface area contributed by atoms with Crippen molar-refractivity contribution >= 4 is 65.8 Å². The molecule has 0 aliphatic carbocycles. The van der Waals surface area contributed by atoms with Gasteiger partial charge in [-0.3, -0.25) is 0 Å². The van der Waals surface area contributed by atoms with Crippen LogP contribution in [0, 0.1) is 0 Å². The largest absolute Gasteiger partial charge is 0.346 e. The summed E-state index contributed by atoms with van der Waals surface area (Å²) in [4.78, 5) is 5.44. The van der Waals surface area contributed by atoms with Gasteiger partial charge in [0.05, 0.1) is 27.8 Å². The summed E-state index contributed by atoms with van der Waals surface area (Å²) >= 11 is 0. The smallest absolute Gasteiger partial charge is 0.201 e. The van der Waals surface area contributed by atoms with Crippen molar-refractivity contribution < 1.29 is 0 Å². The molecule has 4 heteroatoms. The monoisotopic (exact) mass is 690 g/mol. The van der Waals surface area contributed by atoms with Crippen LogP contribution < -0.4 is 5.32 Å². The summed E-state index contributed by atoms with van der Waals surface area (Å²) in [5.74, 6) is 0. The molecule has 0 saturated heterocycles. The number of hydrogen-bond donors (Lipinski definition) is 1. The SMILES string of the molecule is C1=C(c2ccccc2)NC(n2c3ccccc3c3c4c(ccc32)c2ccc3ccccc3c2n4-c2ccc(-c3ccccc3)cc2)N=C1c1ccccc1. The molecule has 0 amide bonds. The molecule has 0 radical (unpaired) electrons. The van der Waals surface area contributed by atoms with Gasteiger partial charge in [-0.05, 0) is 58.0 Å². The van der Waals surface area contributed by atoms with E-state index in [0.717, 1.165) is 39.3 Å². The number of allylic oxidation sites excluding steroid dienone is 1. The highest BCUT2D eigenvalue weighted by atomic mass is 15.3. The van der Waals surface area contributed by atoms with Gasteiger partial charge >= 0.3 is 0 Å². The van der Waals surface area contributed by atoms with E-state index in [1.54, 1.807) is 0 Å². The number of para-hydroxylation sites is 1. The average Bonchev–Trinajstić information content (AvgIpc) is 3.78. The number of benzene rings is 8. The van der Waals surface area contributed by atoms with Gasteiger partial charge in [0, 0.05) is 38.3 Å². The fraction of sp³-hybridized carbons (Fsp3) is 0.0200. The highest BCUT2D eigenvalue weighted by Crippen LogP contribution is 2.44. The maximum atomic E-state index is 5.44. The van der Waals surface area contributed by atoms with Gasteiger partial charge in [0.25, 0.3) is 0 Å². The minimum atomic E-state index is -0.385.